The van der Waals surface area contributed by atoms with E-state index in [2.05, 4.69) is 19.2 Å². The summed E-state index contributed by atoms with van der Waals surface area (Å²) in [6, 6.07) is 0. The van der Waals surface area contributed by atoms with Crippen LogP contribution < -0.4 is 11.1 Å². The van der Waals surface area contributed by atoms with Crippen LogP contribution in [0.2, 0.25) is 0 Å². The lowest BCUT2D eigenvalue weighted by atomic mass is 9.82. The monoisotopic (exact) mass is 244 g/mol. The van der Waals surface area contributed by atoms with Crippen LogP contribution in [0.1, 0.15) is 26.7 Å². The van der Waals surface area contributed by atoms with Crippen molar-refractivity contribution in [3.8, 4) is 0 Å². The minimum absolute atomic E-state index is 0.00514. The highest BCUT2D eigenvalue weighted by atomic mass is 16.6. The zero-order valence-electron chi connectivity index (χ0n) is 10.8. The molecule has 5 heteroatoms. The van der Waals surface area contributed by atoms with Crippen LogP contribution in [0.15, 0.2) is 0 Å². The Kier molecular flexibility index (Phi) is 5.88. The van der Waals surface area contributed by atoms with Crippen molar-refractivity contribution in [1.29, 1.82) is 0 Å². The fourth-order valence-electron chi connectivity index (χ4n) is 1.89. The summed E-state index contributed by atoms with van der Waals surface area (Å²) in [6.07, 6.45) is 1.46. The second-order valence-electron chi connectivity index (χ2n) is 4.56. The summed E-state index contributed by atoms with van der Waals surface area (Å²) in [5.41, 5.74) is 5.79. The number of nitrogens with two attached hydrogens (primary N) is 1. The van der Waals surface area contributed by atoms with Crippen LogP contribution in [0, 0.1) is 5.41 Å². The predicted octanol–water partition coefficient (Wildman–Crippen LogP) is 0.283. The van der Waals surface area contributed by atoms with E-state index < -0.39 is 6.10 Å². The number of amides is 1. The maximum atomic E-state index is 11.8. The lowest BCUT2D eigenvalue weighted by Crippen LogP contribution is -2.48. The smallest absolute Gasteiger partial charge is 0.251 e. The van der Waals surface area contributed by atoms with Gasteiger partial charge < -0.3 is 20.5 Å². The van der Waals surface area contributed by atoms with Gasteiger partial charge in [-0.05, 0) is 24.8 Å². The van der Waals surface area contributed by atoms with Gasteiger partial charge in [0.25, 0.3) is 5.91 Å². The second-order valence-corrected chi connectivity index (χ2v) is 4.56. The van der Waals surface area contributed by atoms with Gasteiger partial charge in [0.15, 0.2) is 6.10 Å². The number of ether oxygens (including phenoxy) is 2. The first-order valence-corrected chi connectivity index (χ1v) is 6.34. The molecule has 1 saturated heterocycles. The average molecular weight is 244 g/mol. The lowest BCUT2D eigenvalue weighted by molar-refractivity contribution is -0.148. The third-order valence-corrected chi connectivity index (χ3v) is 3.68. The molecule has 1 aliphatic heterocycles. The summed E-state index contributed by atoms with van der Waals surface area (Å²) in [6.45, 7) is 6.80. The predicted molar refractivity (Wildman–Crippen MR) is 65.6 cm³/mol. The van der Waals surface area contributed by atoms with Crippen LogP contribution in [0.5, 0.6) is 0 Å². The molecule has 100 valence electrons. The number of carbonyl (C=O) groups is 1. The Balaban J connectivity index is 2.40. The van der Waals surface area contributed by atoms with Gasteiger partial charge in [0.1, 0.15) is 0 Å². The fraction of sp³-hybridized carbons (Fsp3) is 0.917. The van der Waals surface area contributed by atoms with E-state index >= 15 is 0 Å². The summed E-state index contributed by atoms with van der Waals surface area (Å²) in [4.78, 5) is 11.8. The minimum atomic E-state index is -0.465. The topological polar surface area (TPSA) is 73.6 Å². The van der Waals surface area contributed by atoms with Crippen molar-refractivity contribution in [2.75, 3.05) is 32.9 Å². The molecule has 1 fully saturated rings. The van der Waals surface area contributed by atoms with Crippen LogP contribution in [-0.4, -0.2) is 44.9 Å². The van der Waals surface area contributed by atoms with Gasteiger partial charge in [0.2, 0.25) is 0 Å². The molecule has 0 aromatic rings. The molecule has 0 radical (unpaired) electrons. The van der Waals surface area contributed by atoms with E-state index in [0.717, 1.165) is 12.8 Å². The van der Waals surface area contributed by atoms with E-state index in [-0.39, 0.29) is 11.3 Å². The maximum absolute atomic E-state index is 11.8. The van der Waals surface area contributed by atoms with Crippen LogP contribution in [-0.2, 0) is 14.3 Å². The normalized spacial score (nSPS) is 21.2. The van der Waals surface area contributed by atoms with E-state index in [1.165, 1.54) is 0 Å². The molecule has 0 spiro atoms. The van der Waals surface area contributed by atoms with Crippen LogP contribution in [0.4, 0.5) is 0 Å². The molecule has 0 aromatic carbocycles. The Morgan fingerprint density at radius 2 is 2.12 bits per heavy atom. The SMILES string of the molecule is CCC(CC)(CN)CNC(=O)C1COCCO1. The van der Waals surface area contributed by atoms with Crippen LogP contribution in [0.3, 0.4) is 0 Å². The van der Waals surface area contributed by atoms with Crippen molar-refractivity contribution in [3.05, 3.63) is 0 Å². The van der Waals surface area contributed by atoms with Crippen molar-refractivity contribution in [1.82, 2.24) is 5.32 Å². The second kappa shape index (κ2) is 6.93. The Morgan fingerprint density at radius 3 is 2.59 bits per heavy atom. The number of hydrogen-bond acceptors (Lipinski definition) is 4. The number of rotatable bonds is 6. The highest BCUT2D eigenvalue weighted by molar-refractivity contribution is 5.81. The van der Waals surface area contributed by atoms with Crippen molar-refractivity contribution < 1.29 is 14.3 Å². The van der Waals surface area contributed by atoms with E-state index in [9.17, 15) is 4.79 Å². The van der Waals surface area contributed by atoms with Gasteiger partial charge in [0, 0.05) is 6.54 Å². The third kappa shape index (κ3) is 3.94. The molecule has 0 aliphatic carbocycles. The van der Waals surface area contributed by atoms with Gasteiger partial charge >= 0.3 is 0 Å². The highest BCUT2D eigenvalue weighted by Gasteiger charge is 2.28. The number of carbonyl (C=O) groups excluding carboxylic acids is 1. The molecule has 0 bridgehead atoms. The molecule has 5 nitrogen and oxygen atoms in total. The molecule has 1 amide bonds. The molecule has 1 heterocycles. The zero-order chi connectivity index (χ0) is 12.7. The molecule has 17 heavy (non-hydrogen) atoms. The molecule has 1 atom stereocenters. The third-order valence-electron chi connectivity index (χ3n) is 3.68. The summed E-state index contributed by atoms with van der Waals surface area (Å²) in [7, 11) is 0. The van der Waals surface area contributed by atoms with E-state index in [4.69, 9.17) is 15.2 Å². The molecule has 0 aromatic heterocycles. The first kappa shape index (κ1) is 14.4. The van der Waals surface area contributed by atoms with Crippen molar-refractivity contribution >= 4 is 5.91 Å². The van der Waals surface area contributed by atoms with Crippen LogP contribution >= 0.6 is 0 Å². The first-order valence-electron chi connectivity index (χ1n) is 6.34. The van der Waals surface area contributed by atoms with Crippen LogP contribution in [0.25, 0.3) is 0 Å². The number of hydrogen-bond donors (Lipinski definition) is 2. The van der Waals surface area contributed by atoms with Gasteiger partial charge in [-0.2, -0.15) is 0 Å². The molecule has 1 aliphatic rings. The molecular weight excluding hydrogens is 220 g/mol. The van der Waals surface area contributed by atoms with E-state index in [1.807, 2.05) is 0 Å². The Hall–Kier alpha value is -0.650. The van der Waals surface area contributed by atoms with Gasteiger partial charge in [-0.1, -0.05) is 13.8 Å². The summed E-state index contributed by atoms with van der Waals surface area (Å²) < 4.78 is 10.5. The molecule has 0 saturated carbocycles. The van der Waals surface area contributed by atoms with Crippen molar-refractivity contribution in [2.24, 2.45) is 11.1 Å². The summed E-state index contributed by atoms with van der Waals surface area (Å²) in [5, 5.41) is 2.92. The van der Waals surface area contributed by atoms with Crippen molar-refractivity contribution in [3.63, 3.8) is 0 Å². The van der Waals surface area contributed by atoms with Gasteiger partial charge in [-0.25, -0.2) is 0 Å². The fourth-order valence-corrected chi connectivity index (χ4v) is 1.89. The van der Waals surface area contributed by atoms with Crippen molar-refractivity contribution in [2.45, 2.75) is 32.8 Å². The summed E-state index contributed by atoms with van der Waals surface area (Å²) >= 11 is 0. The molecule has 1 unspecified atom stereocenters. The zero-order valence-corrected chi connectivity index (χ0v) is 10.8. The molecule has 3 N–H and O–H groups in total. The summed E-state index contributed by atoms with van der Waals surface area (Å²) in [5.74, 6) is -0.0931. The quantitative estimate of drug-likeness (QED) is 0.704. The maximum Gasteiger partial charge on any atom is 0.251 e. The van der Waals surface area contributed by atoms with E-state index in [0.29, 0.717) is 32.9 Å². The lowest BCUT2D eigenvalue weighted by Gasteiger charge is -2.31. The number of nitrogens with one attached hydrogen (secondary N) is 1. The molecular formula is C12H24N2O3. The Labute approximate surface area is 103 Å². The largest absolute Gasteiger partial charge is 0.376 e. The Bertz CT molecular complexity index is 228. The van der Waals surface area contributed by atoms with E-state index in [1.54, 1.807) is 0 Å². The van der Waals surface area contributed by atoms with Gasteiger partial charge in [-0.3, -0.25) is 4.79 Å². The average Bonchev–Trinajstić information content (AvgIpc) is 2.41. The Morgan fingerprint density at radius 1 is 1.41 bits per heavy atom. The molecule has 1 rings (SSSR count). The highest BCUT2D eigenvalue weighted by Crippen LogP contribution is 2.23. The van der Waals surface area contributed by atoms with Gasteiger partial charge in [-0.15, -0.1) is 0 Å². The standard InChI is InChI=1S/C12H24N2O3/c1-3-12(4-2,8-13)9-14-11(15)10-7-16-5-6-17-10/h10H,3-9,13H2,1-2H3,(H,14,15). The first-order chi connectivity index (χ1) is 8.17. The van der Waals surface area contributed by atoms with Gasteiger partial charge in [0.05, 0.1) is 19.8 Å². The minimum Gasteiger partial charge on any atom is -0.376 e.